The van der Waals surface area contributed by atoms with Crippen LogP contribution in [0.3, 0.4) is 0 Å². The minimum Gasteiger partial charge on any atom is -0.478 e. The van der Waals surface area contributed by atoms with Crippen molar-refractivity contribution < 1.29 is 19.9 Å². The van der Waals surface area contributed by atoms with Crippen LogP contribution in [0.2, 0.25) is 0 Å². The number of benzene rings is 1. The summed E-state index contributed by atoms with van der Waals surface area (Å²) in [4.78, 5) is 24.3. The maximum absolute atomic E-state index is 10.5. The molecule has 0 amide bonds. The highest BCUT2D eigenvalue weighted by Gasteiger charge is 2.07. The second kappa shape index (κ2) is 4.24. The molecule has 0 spiro atoms. The lowest BCUT2D eigenvalue weighted by Crippen LogP contribution is -2.33. The maximum atomic E-state index is 10.5. The summed E-state index contributed by atoms with van der Waals surface area (Å²) < 4.78 is 0. The number of carboxylic acid groups (broad SMARTS) is 1. The van der Waals surface area contributed by atoms with Crippen LogP contribution in [-0.4, -0.2) is 16.2 Å². The number of anilines is 1. The smallest absolute Gasteiger partial charge is 0.335 e. The molecular formula is C7H7N3O5. The first-order valence-corrected chi connectivity index (χ1v) is 3.71. The fraction of sp³-hybridized carbons (Fsp3) is 0. The first-order chi connectivity index (χ1) is 7.00. The number of nitrogens with two attached hydrogens (primary N) is 1. The third kappa shape index (κ3) is 2.81. The van der Waals surface area contributed by atoms with Crippen molar-refractivity contribution in [3.05, 3.63) is 39.9 Å². The summed E-state index contributed by atoms with van der Waals surface area (Å²) in [6.45, 7) is 0. The van der Waals surface area contributed by atoms with Crippen molar-refractivity contribution in [2.75, 3.05) is 5.17 Å². The van der Waals surface area contributed by atoms with Gasteiger partial charge in [0.25, 0.3) is 0 Å². The van der Waals surface area contributed by atoms with Gasteiger partial charge in [0.15, 0.2) is 0 Å². The third-order valence-corrected chi connectivity index (χ3v) is 1.52. The van der Waals surface area contributed by atoms with Crippen LogP contribution in [0.15, 0.2) is 24.3 Å². The zero-order chi connectivity index (χ0) is 11.4. The molecule has 0 heterocycles. The van der Waals surface area contributed by atoms with Gasteiger partial charge in [-0.1, -0.05) is 0 Å². The SMILES string of the molecule is NN(O[N+](=O)[O-])c1ccc(C(=O)O)cc1. The monoisotopic (exact) mass is 213 g/mol. The standard InChI is InChI=1S/C7H7N3O5/c8-9(15-10(13)14)6-3-1-5(2-4-6)7(11)12/h1-4H,8H2,(H,11,12). The molecule has 0 radical (unpaired) electrons. The molecule has 0 aliphatic heterocycles. The van der Waals surface area contributed by atoms with E-state index in [2.05, 4.69) is 4.94 Å². The Morgan fingerprint density at radius 1 is 1.47 bits per heavy atom. The third-order valence-electron chi connectivity index (χ3n) is 1.52. The van der Waals surface area contributed by atoms with E-state index in [-0.39, 0.29) is 11.3 Å². The highest BCUT2D eigenvalue weighted by molar-refractivity contribution is 5.87. The summed E-state index contributed by atoms with van der Waals surface area (Å²) in [6.07, 6.45) is 0. The molecule has 8 nitrogen and oxygen atoms in total. The van der Waals surface area contributed by atoms with Crippen molar-refractivity contribution in [1.29, 1.82) is 0 Å². The first-order valence-electron chi connectivity index (χ1n) is 3.71. The Morgan fingerprint density at radius 3 is 2.40 bits per heavy atom. The number of carboxylic acids is 1. The van der Waals surface area contributed by atoms with Crippen LogP contribution >= 0.6 is 0 Å². The van der Waals surface area contributed by atoms with Crippen molar-refractivity contribution in [3.8, 4) is 0 Å². The molecule has 0 saturated carbocycles. The molecule has 0 aliphatic carbocycles. The van der Waals surface area contributed by atoms with Crippen LogP contribution in [-0.2, 0) is 4.94 Å². The Labute approximate surface area is 83.5 Å². The lowest BCUT2D eigenvalue weighted by atomic mass is 10.2. The van der Waals surface area contributed by atoms with Crippen molar-refractivity contribution in [2.24, 2.45) is 5.84 Å². The lowest BCUT2D eigenvalue weighted by molar-refractivity contribution is -0.762. The molecule has 0 unspecified atom stereocenters. The van der Waals surface area contributed by atoms with E-state index in [1.54, 1.807) is 0 Å². The number of hydrogen-bond acceptors (Lipinski definition) is 6. The number of nitrogens with zero attached hydrogens (tertiary/aromatic N) is 2. The molecule has 1 aromatic carbocycles. The van der Waals surface area contributed by atoms with Gasteiger partial charge in [0.2, 0.25) is 0 Å². The van der Waals surface area contributed by atoms with Gasteiger partial charge in [-0.05, 0) is 24.3 Å². The predicted molar refractivity (Wildman–Crippen MR) is 48.1 cm³/mol. The van der Waals surface area contributed by atoms with Crippen molar-refractivity contribution >= 4 is 11.7 Å². The van der Waals surface area contributed by atoms with E-state index >= 15 is 0 Å². The second-order valence-corrected chi connectivity index (χ2v) is 2.48. The van der Waals surface area contributed by atoms with Crippen molar-refractivity contribution in [1.82, 2.24) is 0 Å². The topological polar surface area (TPSA) is 119 Å². The molecule has 8 heteroatoms. The Bertz CT molecular complexity index is 377. The summed E-state index contributed by atoms with van der Waals surface area (Å²) in [5.74, 6) is 4.05. The van der Waals surface area contributed by atoms with Gasteiger partial charge in [-0.2, -0.15) is 4.94 Å². The minimum absolute atomic E-state index is 0.0493. The van der Waals surface area contributed by atoms with Crippen LogP contribution in [0.1, 0.15) is 10.4 Å². The average molecular weight is 213 g/mol. The average Bonchev–Trinajstić information content (AvgIpc) is 2.17. The highest BCUT2D eigenvalue weighted by atomic mass is 17.0. The number of aromatic carboxylic acids is 1. The van der Waals surface area contributed by atoms with E-state index in [1.165, 1.54) is 24.3 Å². The summed E-state index contributed by atoms with van der Waals surface area (Å²) in [5, 5.41) is 17.8. The Kier molecular flexibility index (Phi) is 3.03. The number of carbonyl (C=O) groups is 1. The molecule has 0 atom stereocenters. The molecule has 1 rings (SSSR count). The van der Waals surface area contributed by atoms with E-state index in [1.807, 2.05) is 0 Å². The van der Waals surface area contributed by atoms with Gasteiger partial charge in [-0.15, -0.1) is 15.3 Å². The zero-order valence-corrected chi connectivity index (χ0v) is 7.36. The Hall–Kier alpha value is -2.35. The molecule has 80 valence electrons. The molecule has 0 bridgehead atoms. The maximum Gasteiger partial charge on any atom is 0.335 e. The molecule has 1 aromatic rings. The van der Waals surface area contributed by atoms with Crippen LogP contribution in [0.4, 0.5) is 5.69 Å². The minimum atomic E-state index is -1.10. The molecule has 0 saturated heterocycles. The van der Waals surface area contributed by atoms with Crippen molar-refractivity contribution in [2.45, 2.75) is 0 Å². The lowest BCUT2D eigenvalue weighted by Gasteiger charge is -2.13. The molecule has 0 aliphatic rings. The number of hydrogen-bond donors (Lipinski definition) is 2. The van der Waals surface area contributed by atoms with Gasteiger partial charge in [0, 0.05) is 0 Å². The van der Waals surface area contributed by atoms with Crippen LogP contribution in [0, 0.1) is 10.1 Å². The van der Waals surface area contributed by atoms with E-state index in [9.17, 15) is 14.9 Å². The van der Waals surface area contributed by atoms with Gasteiger partial charge >= 0.3 is 11.1 Å². The molecule has 0 aromatic heterocycles. The fourth-order valence-electron chi connectivity index (χ4n) is 0.870. The number of rotatable bonds is 4. The molecular weight excluding hydrogens is 206 g/mol. The molecule has 15 heavy (non-hydrogen) atoms. The van der Waals surface area contributed by atoms with Crippen LogP contribution in [0.5, 0.6) is 0 Å². The summed E-state index contributed by atoms with van der Waals surface area (Å²) in [5.41, 5.74) is 0.213. The fourth-order valence-corrected chi connectivity index (χ4v) is 0.870. The molecule has 0 fully saturated rings. The predicted octanol–water partition coefficient (Wildman–Crippen LogP) is 0.188. The van der Waals surface area contributed by atoms with Crippen LogP contribution in [0.25, 0.3) is 0 Å². The summed E-state index contributed by atoms with van der Waals surface area (Å²) in [6, 6.07) is 5.07. The molecule has 3 N–H and O–H groups in total. The largest absolute Gasteiger partial charge is 0.478 e. The van der Waals surface area contributed by atoms with E-state index in [4.69, 9.17) is 10.9 Å². The Balaban J connectivity index is 2.79. The quantitative estimate of drug-likeness (QED) is 0.416. The van der Waals surface area contributed by atoms with Gasteiger partial charge in [0.1, 0.15) is 0 Å². The van der Waals surface area contributed by atoms with E-state index < -0.39 is 11.1 Å². The summed E-state index contributed by atoms with van der Waals surface area (Å²) in [7, 11) is 0. The van der Waals surface area contributed by atoms with Gasteiger partial charge < -0.3 is 5.11 Å². The zero-order valence-electron chi connectivity index (χ0n) is 7.36. The van der Waals surface area contributed by atoms with Crippen LogP contribution < -0.4 is 11.0 Å². The van der Waals surface area contributed by atoms with Crippen molar-refractivity contribution in [3.63, 3.8) is 0 Å². The normalized spacial score (nSPS) is 9.40. The highest BCUT2D eigenvalue weighted by Crippen LogP contribution is 2.12. The second-order valence-electron chi connectivity index (χ2n) is 2.48. The summed E-state index contributed by atoms with van der Waals surface area (Å²) >= 11 is 0. The van der Waals surface area contributed by atoms with Gasteiger partial charge in [-0.25, -0.2) is 10.6 Å². The van der Waals surface area contributed by atoms with Gasteiger partial charge in [-0.3, -0.25) is 0 Å². The van der Waals surface area contributed by atoms with E-state index in [0.29, 0.717) is 5.17 Å². The van der Waals surface area contributed by atoms with Gasteiger partial charge in [0.05, 0.1) is 11.3 Å². The number of hydrazine groups is 1. The Morgan fingerprint density at radius 2 is 2.00 bits per heavy atom. The first kappa shape index (κ1) is 10.7. The van der Waals surface area contributed by atoms with E-state index in [0.717, 1.165) is 0 Å².